The SMILES string of the molecule is COCCNC(=NCC(=O)N(C)C)NC1CCC(N2CCC(C)CC2)CC1. The molecular weight excluding hydrogens is 342 g/mol. The molecule has 0 aromatic rings. The fraction of sp³-hybridized carbons (Fsp3) is 0.900. The number of methoxy groups -OCH3 is 1. The van der Waals surface area contributed by atoms with Gasteiger partial charge in [-0.3, -0.25) is 4.79 Å². The molecule has 1 saturated carbocycles. The molecule has 1 amide bonds. The maximum atomic E-state index is 11.8. The van der Waals surface area contributed by atoms with Crippen LogP contribution in [0.25, 0.3) is 0 Å². The van der Waals surface area contributed by atoms with Gasteiger partial charge in [0.05, 0.1) is 6.61 Å². The van der Waals surface area contributed by atoms with E-state index < -0.39 is 0 Å². The molecule has 1 aliphatic carbocycles. The Morgan fingerprint density at radius 1 is 1.15 bits per heavy atom. The lowest BCUT2D eigenvalue weighted by Gasteiger charge is -2.40. The normalized spacial score (nSPS) is 25.3. The van der Waals surface area contributed by atoms with E-state index in [9.17, 15) is 4.79 Å². The van der Waals surface area contributed by atoms with E-state index in [0.29, 0.717) is 19.2 Å². The van der Waals surface area contributed by atoms with Crippen LogP contribution in [0.15, 0.2) is 4.99 Å². The number of hydrogen-bond donors (Lipinski definition) is 2. The summed E-state index contributed by atoms with van der Waals surface area (Å²) in [6.07, 6.45) is 7.49. The first-order valence-electron chi connectivity index (χ1n) is 10.5. The average Bonchev–Trinajstić information content (AvgIpc) is 2.67. The minimum absolute atomic E-state index is 0.00544. The number of likely N-dealkylation sites (N-methyl/N-ethyl adjacent to an activating group) is 1. The van der Waals surface area contributed by atoms with Gasteiger partial charge < -0.3 is 25.2 Å². The number of nitrogens with zero attached hydrogens (tertiary/aromatic N) is 3. The van der Waals surface area contributed by atoms with Gasteiger partial charge >= 0.3 is 0 Å². The molecule has 156 valence electrons. The maximum absolute atomic E-state index is 11.8. The second-order valence-corrected chi connectivity index (χ2v) is 8.24. The Bertz CT molecular complexity index is 467. The van der Waals surface area contributed by atoms with Gasteiger partial charge in [0.2, 0.25) is 5.91 Å². The number of guanidine groups is 1. The zero-order valence-corrected chi connectivity index (χ0v) is 17.7. The van der Waals surface area contributed by atoms with E-state index >= 15 is 0 Å². The van der Waals surface area contributed by atoms with Gasteiger partial charge in [0, 0.05) is 39.8 Å². The van der Waals surface area contributed by atoms with E-state index in [4.69, 9.17) is 4.74 Å². The van der Waals surface area contributed by atoms with Gasteiger partial charge in [0.15, 0.2) is 5.96 Å². The van der Waals surface area contributed by atoms with Crippen molar-refractivity contribution in [3.63, 3.8) is 0 Å². The molecular formula is C20H39N5O2. The number of aliphatic imine (C=N–C) groups is 1. The molecule has 2 aliphatic rings. The molecule has 0 aromatic carbocycles. The highest BCUT2D eigenvalue weighted by atomic mass is 16.5. The van der Waals surface area contributed by atoms with Gasteiger partial charge in [-0.25, -0.2) is 4.99 Å². The molecule has 0 spiro atoms. The molecule has 27 heavy (non-hydrogen) atoms. The van der Waals surface area contributed by atoms with Crippen LogP contribution in [-0.4, -0.2) is 87.7 Å². The van der Waals surface area contributed by atoms with Crippen molar-refractivity contribution in [2.24, 2.45) is 10.9 Å². The van der Waals surface area contributed by atoms with E-state index in [1.54, 1.807) is 26.1 Å². The lowest BCUT2D eigenvalue weighted by atomic mass is 9.88. The van der Waals surface area contributed by atoms with Gasteiger partial charge in [0.1, 0.15) is 6.54 Å². The summed E-state index contributed by atoms with van der Waals surface area (Å²) in [6.45, 7) is 6.36. The predicted molar refractivity (Wildman–Crippen MR) is 110 cm³/mol. The van der Waals surface area contributed by atoms with Crippen LogP contribution in [0, 0.1) is 5.92 Å². The Kier molecular flexibility index (Phi) is 9.34. The van der Waals surface area contributed by atoms with Crippen molar-refractivity contribution >= 4 is 11.9 Å². The van der Waals surface area contributed by atoms with Crippen molar-refractivity contribution in [1.82, 2.24) is 20.4 Å². The number of hydrogen-bond acceptors (Lipinski definition) is 4. The molecule has 1 heterocycles. The first kappa shape index (κ1) is 22.0. The highest BCUT2D eigenvalue weighted by molar-refractivity contribution is 5.84. The van der Waals surface area contributed by atoms with E-state index in [0.717, 1.165) is 30.8 Å². The lowest BCUT2D eigenvalue weighted by Crippen LogP contribution is -2.49. The molecule has 0 aromatic heterocycles. The van der Waals surface area contributed by atoms with Crippen LogP contribution in [-0.2, 0) is 9.53 Å². The van der Waals surface area contributed by atoms with Crippen molar-refractivity contribution in [2.45, 2.75) is 57.5 Å². The van der Waals surface area contributed by atoms with Crippen LogP contribution in [0.4, 0.5) is 0 Å². The smallest absolute Gasteiger partial charge is 0.243 e. The van der Waals surface area contributed by atoms with Gasteiger partial charge in [-0.2, -0.15) is 0 Å². The molecule has 0 radical (unpaired) electrons. The van der Waals surface area contributed by atoms with E-state index in [1.165, 1.54) is 38.8 Å². The van der Waals surface area contributed by atoms with Gasteiger partial charge in [-0.1, -0.05) is 6.92 Å². The lowest BCUT2D eigenvalue weighted by molar-refractivity contribution is -0.127. The Balaban J connectivity index is 1.80. The third-order valence-corrected chi connectivity index (χ3v) is 5.84. The summed E-state index contributed by atoms with van der Waals surface area (Å²) in [5.74, 6) is 1.62. The van der Waals surface area contributed by atoms with Crippen LogP contribution in [0.2, 0.25) is 0 Å². The number of piperidine rings is 1. The molecule has 0 unspecified atom stereocenters. The van der Waals surface area contributed by atoms with Gasteiger partial charge in [-0.05, 0) is 57.5 Å². The minimum Gasteiger partial charge on any atom is -0.383 e. The summed E-state index contributed by atoms with van der Waals surface area (Å²) in [5.41, 5.74) is 0. The van der Waals surface area contributed by atoms with E-state index in [1.807, 2.05) is 0 Å². The molecule has 2 N–H and O–H groups in total. The van der Waals surface area contributed by atoms with Crippen molar-refractivity contribution in [1.29, 1.82) is 0 Å². The summed E-state index contributed by atoms with van der Waals surface area (Å²) < 4.78 is 5.11. The largest absolute Gasteiger partial charge is 0.383 e. The van der Waals surface area contributed by atoms with Crippen molar-refractivity contribution in [3.8, 4) is 0 Å². The summed E-state index contributed by atoms with van der Waals surface area (Å²) in [7, 11) is 5.20. The number of carbonyl (C=O) groups is 1. The number of nitrogens with one attached hydrogen (secondary N) is 2. The number of amides is 1. The molecule has 7 heteroatoms. The summed E-state index contributed by atoms with van der Waals surface area (Å²) in [4.78, 5) is 20.6. The second-order valence-electron chi connectivity index (χ2n) is 8.24. The molecule has 1 saturated heterocycles. The third kappa shape index (κ3) is 7.66. The Morgan fingerprint density at radius 3 is 2.41 bits per heavy atom. The van der Waals surface area contributed by atoms with E-state index in [-0.39, 0.29) is 12.5 Å². The van der Waals surface area contributed by atoms with Gasteiger partial charge in [0.25, 0.3) is 0 Å². The first-order valence-corrected chi connectivity index (χ1v) is 10.5. The Hall–Kier alpha value is -1.34. The average molecular weight is 382 g/mol. The van der Waals surface area contributed by atoms with Crippen LogP contribution < -0.4 is 10.6 Å². The van der Waals surface area contributed by atoms with Crippen LogP contribution >= 0.6 is 0 Å². The molecule has 7 nitrogen and oxygen atoms in total. The molecule has 1 aliphatic heterocycles. The van der Waals surface area contributed by atoms with Crippen molar-refractivity contribution in [2.75, 3.05) is 54.0 Å². The summed E-state index contributed by atoms with van der Waals surface area (Å²) in [5, 5.41) is 6.81. The van der Waals surface area contributed by atoms with Crippen LogP contribution in [0.5, 0.6) is 0 Å². The summed E-state index contributed by atoms with van der Waals surface area (Å²) >= 11 is 0. The predicted octanol–water partition coefficient (Wildman–Crippen LogP) is 1.30. The number of likely N-dealkylation sites (tertiary alicyclic amines) is 1. The molecule has 0 bridgehead atoms. The fourth-order valence-corrected chi connectivity index (χ4v) is 3.88. The topological polar surface area (TPSA) is 69.2 Å². The quantitative estimate of drug-likeness (QED) is 0.395. The Labute approximate surface area is 164 Å². The van der Waals surface area contributed by atoms with Gasteiger partial charge in [-0.15, -0.1) is 0 Å². The zero-order valence-electron chi connectivity index (χ0n) is 17.7. The maximum Gasteiger partial charge on any atom is 0.243 e. The summed E-state index contributed by atoms with van der Waals surface area (Å²) in [6, 6.07) is 1.17. The number of carbonyl (C=O) groups excluding carboxylic acids is 1. The van der Waals surface area contributed by atoms with Crippen LogP contribution in [0.1, 0.15) is 45.4 Å². The van der Waals surface area contributed by atoms with E-state index in [2.05, 4.69) is 27.4 Å². The standard InChI is InChI=1S/C20H39N5O2/c1-16-9-12-25(13-10-16)18-7-5-17(6-8-18)23-20(21-11-14-27-4)22-15-19(26)24(2)3/h16-18H,5-15H2,1-4H3,(H2,21,22,23). The molecule has 0 atom stereocenters. The highest BCUT2D eigenvalue weighted by Gasteiger charge is 2.28. The monoisotopic (exact) mass is 381 g/mol. The first-order chi connectivity index (χ1) is 13.0. The highest BCUT2D eigenvalue weighted by Crippen LogP contribution is 2.27. The number of ether oxygens (including phenoxy) is 1. The second kappa shape index (κ2) is 11.5. The fourth-order valence-electron chi connectivity index (χ4n) is 3.88. The zero-order chi connectivity index (χ0) is 19.6. The minimum atomic E-state index is 0.00544. The van der Waals surface area contributed by atoms with Crippen LogP contribution in [0.3, 0.4) is 0 Å². The van der Waals surface area contributed by atoms with Crippen molar-refractivity contribution < 1.29 is 9.53 Å². The number of rotatable bonds is 7. The van der Waals surface area contributed by atoms with Crippen molar-refractivity contribution in [3.05, 3.63) is 0 Å². The molecule has 2 rings (SSSR count). The molecule has 2 fully saturated rings. The Morgan fingerprint density at radius 2 is 1.81 bits per heavy atom. The third-order valence-electron chi connectivity index (χ3n) is 5.84.